The lowest BCUT2D eigenvalue weighted by Crippen LogP contribution is -1.86. The van der Waals surface area contributed by atoms with Gasteiger partial charge in [0.25, 0.3) is 0 Å². The Hall–Kier alpha value is -2.42. The fourth-order valence-electron chi connectivity index (χ4n) is 1.93. The highest BCUT2D eigenvalue weighted by Crippen LogP contribution is 2.31. The average molecular weight is 222 g/mol. The van der Waals surface area contributed by atoms with Gasteiger partial charge in [-0.1, -0.05) is 18.2 Å². The van der Waals surface area contributed by atoms with Gasteiger partial charge in [0.1, 0.15) is 11.4 Å². The highest BCUT2D eigenvalue weighted by atomic mass is 16.3. The molecule has 1 aromatic carbocycles. The molecule has 0 aliphatic heterocycles. The second kappa shape index (κ2) is 3.87. The van der Waals surface area contributed by atoms with Gasteiger partial charge >= 0.3 is 0 Å². The van der Waals surface area contributed by atoms with E-state index in [1.807, 2.05) is 24.3 Å². The predicted octanol–water partition coefficient (Wildman–Crippen LogP) is 3.00. The summed E-state index contributed by atoms with van der Waals surface area (Å²) in [6, 6.07) is 11.2. The van der Waals surface area contributed by atoms with Crippen molar-refractivity contribution in [2.45, 2.75) is 0 Å². The summed E-state index contributed by atoms with van der Waals surface area (Å²) in [6.45, 7) is 0. The Morgan fingerprint density at radius 3 is 2.76 bits per heavy atom. The molecule has 0 aliphatic rings. The Bertz CT molecular complexity index is 674. The van der Waals surface area contributed by atoms with E-state index in [2.05, 4.69) is 9.97 Å². The third-order valence-electron chi connectivity index (χ3n) is 2.72. The van der Waals surface area contributed by atoms with Crippen molar-refractivity contribution in [2.24, 2.45) is 0 Å². The first-order valence-electron chi connectivity index (χ1n) is 5.33. The lowest BCUT2D eigenvalue weighted by atomic mass is 10.0. The Morgan fingerprint density at radius 2 is 1.88 bits per heavy atom. The van der Waals surface area contributed by atoms with Crippen molar-refractivity contribution in [3.8, 4) is 17.0 Å². The lowest BCUT2D eigenvalue weighted by Gasteiger charge is -2.06. The maximum atomic E-state index is 9.85. The molecule has 0 spiro atoms. The molecule has 2 heterocycles. The fraction of sp³-hybridized carbons (Fsp3) is 0. The van der Waals surface area contributed by atoms with E-state index >= 15 is 0 Å². The molecule has 0 atom stereocenters. The number of hydrogen-bond acceptors (Lipinski definition) is 3. The summed E-state index contributed by atoms with van der Waals surface area (Å²) in [5, 5.41) is 11.9. The summed E-state index contributed by atoms with van der Waals surface area (Å²) in [5.41, 5.74) is 1.52. The fourth-order valence-corrected chi connectivity index (χ4v) is 1.93. The lowest BCUT2D eigenvalue weighted by molar-refractivity contribution is 0.475. The number of rotatable bonds is 1. The highest BCUT2D eigenvalue weighted by Gasteiger charge is 2.08. The molecule has 82 valence electrons. The van der Waals surface area contributed by atoms with Crippen molar-refractivity contribution in [3.63, 3.8) is 0 Å². The first-order valence-corrected chi connectivity index (χ1v) is 5.33. The number of nitrogens with zero attached hydrogens (tertiary/aromatic N) is 2. The van der Waals surface area contributed by atoms with Crippen LogP contribution in [0.5, 0.6) is 5.75 Å². The van der Waals surface area contributed by atoms with Crippen molar-refractivity contribution in [3.05, 3.63) is 55.0 Å². The van der Waals surface area contributed by atoms with Crippen LogP contribution in [0.1, 0.15) is 0 Å². The smallest absolute Gasteiger partial charge is 0.141 e. The average Bonchev–Trinajstić information content (AvgIpc) is 2.39. The highest BCUT2D eigenvalue weighted by molar-refractivity contribution is 5.96. The van der Waals surface area contributed by atoms with Crippen LogP contribution in [-0.4, -0.2) is 15.1 Å². The van der Waals surface area contributed by atoms with Gasteiger partial charge in [0.2, 0.25) is 0 Å². The van der Waals surface area contributed by atoms with Crippen molar-refractivity contribution in [1.29, 1.82) is 0 Å². The number of benzene rings is 1. The van der Waals surface area contributed by atoms with Gasteiger partial charge in [-0.05, 0) is 23.6 Å². The molecular weight excluding hydrogens is 212 g/mol. The van der Waals surface area contributed by atoms with Crippen molar-refractivity contribution in [2.75, 3.05) is 0 Å². The first-order chi connectivity index (χ1) is 8.36. The summed E-state index contributed by atoms with van der Waals surface area (Å²) in [4.78, 5) is 8.32. The second-order valence-electron chi connectivity index (χ2n) is 3.77. The third-order valence-corrected chi connectivity index (χ3v) is 2.72. The van der Waals surface area contributed by atoms with Gasteiger partial charge in [0.15, 0.2) is 0 Å². The van der Waals surface area contributed by atoms with Crippen molar-refractivity contribution >= 4 is 10.8 Å². The zero-order valence-corrected chi connectivity index (χ0v) is 9.04. The summed E-state index contributed by atoms with van der Waals surface area (Å²) >= 11 is 0. The molecule has 17 heavy (non-hydrogen) atoms. The molecule has 3 nitrogen and oxygen atoms in total. The van der Waals surface area contributed by atoms with E-state index in [0.29, 0.717) is 5.69 Å². The first kappa shape index (κ1) is 9.78. The summed E-state index contributed by atoms with van der Waals surface area (Å²) in [7, 11) is 0. The van der Waals surface area contributed by atoms with Crippen LogP contribution in [0.3, 0.4) is 0 Å². The van der Waals surface area contributed by atoms with Crippen molar-refractivity contribution in [1.82, 2.24) is 9.97 Å². The van der Waals surface area contributed by atoms with E-state index in [1.165, 1.54) is 0 Å². The molecule has 0 saturated carbocycles. The van der Waals surface area contributed by atoms with Crippen LogP contribution < -0.4 is 0 Å². The van der Waals surface area contributed by atoms with Gasteiger partial charge < -0.3 is 5.11 Å². The quantitative estimate of drug-likeness (QED) is 0.688. The molecule has 2 aromatic heterocycles. The minimum Gasteiger partial charge on any atom is -0.506 e. The van der Waals surface area contributed by atoms with Gasteiger partial charge in [-0.3, -0.25) is 9.97 Å². The molecule has 0 amide bonds. The van der Waals surface area contributed by atoms with E-state index in [-0.39, 0.29) is 5.75 Å². The number of fused-ring (bicyclic) bond motifs is 1. The van der Waals surface area contributed by atoms with Gasteiger partial charge in [0.05, 0.1) is 0 Å². The van der Waals surface area contributed by atoms with Crippen LogP contribution in [0.4, 0.5) is 0 Å². The standard InChI is InChI=1S/C14H10N2O/c17-13-5-2-7-16-14(13)12-4-1-3-10-9-15-8-6-11(10)12/h1-9,17H. The Kier molecular flexibility index (Phi) is 2.22. The van der Waals surface area contributed by atoms with Gasteiger partial charge in [-0.2, -0.15) is 0 Å². The van der Waals surface area contributed by atoms with E-state index in [9.17, 15) is 5.11 Å². The van der Waals surface area contributed by atoms with Gasteiger partial charge in [0, 0.05) is 29.5 Å². The maximum Gasteiger partial charge on any atom is 0.141 e. The molecule has 1 N–H and O–H groups in total. The van der Waals surface area contributed by atoms with Crippen LogP contribution in [0.25, 0.3) is 22.0 Å². The van der Waals surface area contributed by atoms with Crippen LogP contribution in [0, 0.1) is 0 Å². The number of aromatic hydroxyl groups is 1. The molecule has 3 rings (SSSR count). The summed E-state index contributed by atoms with van der Waals surface area (Å²) in [5.74, 6) is 0.191. The van der Waals surface area contributed by atoms with Gasteiger partial charge in [-0.15, -0.1) is 0 Å². The molecule has 0 saturated heterocycles. The Morgan fingerprint density at radius 1 is 0.941 bits per heavy atom. The van der Waals surface area contributed by atoms with Crippen LogP contribution in [-0.2, 0) is 0 Å². The Balaban J connectivity index is 2.35. The van der Waals surface area contributed by atoms with Crippen molar-refractivity contribution < 1.29 is 5.11 Å². The zero-order valence-electron chi connectivity index (χ0n) is 9.04. The number of pyridine rings is 2. The normalized spacial score (nSPS) is 10.6. The van der Waals surface area contributed by atoms with E-state index in [0.717, 1.165) is 16.3 Å². The molecule has 0 bridgehead atoms. The summed E-state index contributed by atoms with van der Waals surface area (Å²) in [6.07, 6.45) is 5.22. The maximum absolute atomic E-state index is 9.85. The Labute approximate surface area is 98.4 Å². The molecule has 3 heteroatoms. The molecule has 0 unspecified atom stereocenters. The number of hydrogen-bond donors (Lipinski definition) is 1. The predicted molar refractivity (Wildman–Crippen MR) is 66.6 cm³/mol. The zero-order chi connectivity index (χ0) is 11.7. The monoisotopic (exact) mass is 222 g/mol. The van der Waals surface area contributed by atoms with E-state index in [4.69, 9.17) is 0 Å². The minimum absolute atomic E-state index is 0.191. The van der Waals surface area contributed by atoms with Gasteiger partial charge in [-0.25, -0.2) is 0 Å². The molecule has 0 fully saturated rings. The van der Waals surface area contributed by atoms with E-state index < -0.39 is 0 Å². The number of aromatic nitrogens is 2. The van der Waals surface area contributed by atoms with Crippen LogP contribution >= 0.6 is 0 Å². The largest absolute Gasteiger partial charge is 0.506 e. The van der Waals surface area contributed by atoms with E-state index in [1.54, 1.807) is 30.7 Å². The SMILES string of the molecule is Oc1cccnc1-c1cccc2cnccc12. The van der Waals surface area contributed by atoms with Crippen LogP contribution in [0.15, 0.2) is 55.0 Å². The molecular formula is C14H10N2O. The molecule has 3 aromatic rings. The minimum atomic E-state index is 0.191. The second-order valence-corrected chi connectivity index (χ2v) is 3.77. The topological polar surface area (TPSA) is 46.0 Å². The molecule has 0 aliphatic carbocycles. The third kappa shape index (κ3) is 1.61. The molecule has 0 radical (unpaired) electrons. The summed E-state index contributed by atoms with van der Waals surface area (Å²) < 4.78 is 0. The van der Waals surface area contributed by atoms with Crippen LogP contribution in [0.2, 0.25) is 0 Å².